The number of urea groups is 1. The van der Waals surface area contributed by atoms with Gasteiger partial charge in [-0.15, -0.1) is 0 Å². The highest BCUT2D eigenvalue weighted by Gasteiger charge is 2.34. The minimum absolute atomic E-state index is 0.115. The van der Waals surface area contributed by atoms with Gasteiger partial charge in [0.25, 0.3) is 5.19 Å². The summed E-state index contributed by atoms with van der Waals surface area (Å²) in [5, 5.41) is 38.4. The van der Waals surface area contributed by atoms with Crippen molar-refractivity contribution in [2.75, 3.05) is 31.7 Å². The van der Waals surface area contributed by atoms with Crippen molar-refractivity contribution >= 4 is 34.7 Å². The predicted molar refractivity (Wildman–Crippen MR) is 141 cm³/mol. The van der Waals surface area contributed by atoms with Crippen LogP contribution in [0.3, 0.4) is 0 Å². The molecule has 0 bridgehead atoms. The predicted octanol–water partition coefficient (Wildman–Crippen LogP) is 3.31. The fraction of sp³-hybridized carbons (Fsp3) is 0.280. The highest BCUT2D eigenvalue weighted by Crippen LogP contribution is 2.28. The third-order valence-corrected chi connectivity index (χ3v) is 6.62. The molecule has 2 aromatic carbocycles. The second-order valence-electron chi connectivity index (χ2n) is 8.69. The van der Waals surface area contributed by atoms with Gasteiger partial charge in [-0.1, -0.05) is 35.1 Å². The number of thiazole rings is 1. The highest BCUT2D eigenvalue weighted by atomic mass is 35.5. The molecule has 2 amide bonds. The van der Waals surface area contributed by atoms with E-state index in [9.17, 15) is 20.1 Å². The van der Waals surface area contributed by atoms with Crippen LogP contribution in [-0.2, 0) is 6.54 Å². The summed E-state index contributed by atoms with van der Waals surface area (Å²) in [7, 11) is 0. The number of carbonyl (C=O) groups is 1. The van der Waals surface area contributed by atoms with Crippen LogP contribution in [0.5, 0.6) is 10.9 Å². The van der Waals surface area contributed by atoms with Crippen LogP contribution in [0.2, 0.25) is 5.02 Å². The molecule has 2 heterocycles. The molecular weight excluding hydrogens is 518 g/mol. The van der Waals surface area contributed by atoms with Crippen LogP contribution < -0.4 is 15.4 Å². The first-order valence-corrected chi connectivity index (χ1v) is 12.7. The number of ether oxygens (including phenoxy) is 1. The zero-order valence-electron chi connectivity index (χ0n) is 20.1. The summed E-state index contributed by atoms with van der Waals surface area (Å²) in [6.45, 7) is 0.857. The van der Waals surface area contributed by atoms with Gasteiger partial charge in [0.05, 0.1) is 26.4 Å². The summed E-state index contributed by atoms with van der Waals surface area (Å²) in [4.78, 5) is 20.2. The third-order valence-electron chi connectivity index (χ3n) is 5.72. The Morgan fingerprint density at radius 2 is 1.97 bits per heavy atom. The van der Waals surface area contributed by atoms with Crippen molar-refractivity contribution in [1.82, 2.24) is 20.1 Å². The first kappa shape index (κ1) is 26.7. The number of aliphatic hydroxyl groups is 3. The summed E-state index contributed by atoms with van der Waals surface area (Å²) in [5.74, 6) is 1.20. The number of aliphatic hydroxyl groups excluding tert-OH is 2. The maximum atomic E-state index is 12.8. The van der Waals surface area contributed by atoms with E-state index >= 15 is 0 Å². The quantitative estimate of drug-likeness (QED) is 0.262. The van der Waals surface area contributed by atoms with Crippen molar-refractivity contribution in [2.24, 2.45) is 0 Å². The normalized spacial score (nSPS) is 15.2. The Hall–Kier alpha value is -3.35. The summed E-state index contributed by atoms with van der Waals surface area (Å²) < 4.78 is 5.80. The van der Waals surface area contributed by atoms with E-state index in [1.54, 1.807) is 24.5 Å². The monoisotopic (exact) mass is 545 g/mol. The highest BCUT2D eigenvalue weighted by molar-refractivity contribution is 7.11. The number of β-amino-alcohol motifs (C(OH)–C–C–N with tert-alkyl or cyclic N) is 1. The summed E-state index contributed by atoms with van der Waals surface area (Å²) >= 11 is 7.43. The number of halogens is 1. The topological polar surface area (TPSA) is 130 Å². The first-order valence-electron chi connectivity index (χ1n) is 11.4. The van der Waals surface area contributed by atoms with Gasteiger partial charge in [-0.05, 0) is 48.4 Å². The van der Waals surface area contributed by atoms with Crippen LogP contribution in [0.25, 0.3) is 0 Å². The largest absolute Gasteiger partial charge is 0.431 e. The maximum Gasteiger partial charge on any atom is 0.324 e. The number of nitrogens with zero attached hydrogens (tertiary/aromatic N) is 3. The lowest BCUT2D eigenvalue weighted by molar-refractivity contribution is -0.0742. The average molecular weight is 546 g/mol. The Bertz CT molecular complexity index is 1230. The van der Waals surface area contributed by atoms with E-state index in [4.69, 9.17) is 16.3 Å². The molecule has 1 aliphatic rings. The smallest absolute Gasteiger partial charge is 0.324 e. The lowest BCUT2D eigenvalue weighted by Gasteiger charge is -2.41. The average Bonchev–Trinajstić information content (AvgIpc) is 3.41. The van der Waals surface area contributed by atoms with E-state index in [0.29, 0.717) is 28.3 Å². The van der Waals surface area contributed by atoms with Crippen LogP contribution >= 0.6 is 22.9 Å². The Morgan fingerprint density at radius 3 is 2.62 bits per heavy atom. The van der Waals surface area contributed by atoms with Crippen molar-refractivity contribution < 1.29 is 24.9 Å². The van der Waals surface area contributed by atoms with Crippen LogP contribution in [0.15, 0.2) is 66.1 Å². The molecule has 1 fully saturated rings. The summed E-state index contributed by atoms with van der Waals surface area (Å²) in [5.41, 5.74) is 0.825. The van der Waals surface area contributed by atoms with Crippen molar-refractivity contribution in [3.8, 4) is 10.9 Å². The van der Waals surface area contributed by atoms with Gasteiger partial charge in [-0.2, -0.15) is 0 Å². The number of anilines is 1. The third kappa shape index (κ3) is 6.90. The molecule has 0 atom stereocenters. The SMILES string of the molecule is Cc1cc(NC=C2NC(=O)N(CC(O)(CO)CO)CN2Cc2ccc(Cl)cc2)ccc1Oc1nccs1. The number of benzene rings is 2. The van der Waals surface area contributed by atoms with Gasteiger partial charge in [-0.25, -0.2) is 9.78 Å². The molecule has 0 radical (unpaired) electrons. The zero-order valence-corrected chi connectivity index (χ0v) is 21.7. The van der Waals surface area contributed by atoms with Crippen LogP contribution in [-0.4, -0.2) is 68.2 Å². The Morgan fingerprint density at radius 1 is 1.22 bits per heavy atom. The molecule has 5 N–H and O–H groups in total. The van der Waals surface area contributed by atoms with Crippen LogP contribution in [0.4, 0.5) is 10.5 Å². The van der Waals surface area contributed by atoms with Gasteiger partial charge >= 0.3 is 6.03 Å². The molecule has 37 heavy (non-hydrogen) atoms. The lowest BCUT2D eigenvalue weighted by Crippen LogP contribution is -2.59. The summed E-state index contributed by atoms with van der Waals surface area (Å²) in [6.07, 6.45) is 3.37. The van der Waals surface area contributed by atoms with Gasteiger partial charge in [0, 0.05) is 35.0 Å². The molecule has 0 spiro atoms. The lowest BCUT2D eigenvalue weighted by atomic mass is 10.1. The van der Waals surface area contributed by atoms with Crippen molar-refractivity contribution in [2.45, 2.75) is 19.1 Å². The standard InChI is InChI=1S/C25H28ClN5O5S/c1-17-10-20(6-7-21(17)36-24-27-8-9-37-24)28-11-22-29-23(34)31(13-25(35,14-32)15-33)16-30(22)12-18-2-4-19(26)5-3-18/h2-11,28,32-33,35H,12-16H2,1H3,(H,29,34). The van der Waals surface area contributed by atoms with E-state index in [0.717, 1.165) is 16.8 Å². The maximum absolute atomic E-state index is 12.8. The summed E-state index contributed by atoms with van der Waals surface area (Å²) in [6, 6.07) is 12.5. The number of hydrogen-bond donors (Lipinski definition) is 5. The van der Waals surface area contributed by atoms with E-state index in [1.807, 2.05) is 47.5 Å². The Kier molecular flexibility index (Phi) is 8.52. The fourth-order valence-corrected chi connectivity index (χ4v) is 4.30. The van der Waals surface area contributed by atoms with E-state index in [-0.39, 0.29) is 13.2 Å². The molecule has 0 aliphatic carbocycles. The molecule has 10 nitrogen and oxygen atoms in total. The van der Waals surface area contributed by atoms with Crippen LogP contribution in [0.1, 0.15) is 11.1 Å². The minimum atomic E-state index is -1.82. The number of rotatable bonds is 10. The molecule has 1 aliphatic heterocycles. The van der Waals surface area contributed by atoms with Crippen molar-refractivity contribution in [3.63, 3.8) is 0 Å². The zero-order chi connectivity index (χ0) is 26.4. The minimum Gasteiger partial charge on any atom is -0.431 e. The molecule has 3 aromatic rings. The Labute approximate surface area is 223 Å². The molecule has 4 rings (SSSR count). The number of hydrogen-bond acceptors (Lipinski definition) is 9. The molecule has 196 valence electrons. The second kappa shape index (κ2) is 11.8. The first-order chi connectivity index (χ1) is 17.8. The van der Waals surface area contributed by atoms with E-state index in [1.165, 1.54) is 16.2 Å². The van der Waals surface area contributed by atoms with Gasteiger partial charge < -0.3 is 35.2 Å². The number of nitrogens with one attached hydrogen (secondary N) is 2. The molecule has 1 aromatic heterocycles. The van der Waals surface area contributed by atoms with Gasteiger partial charge in [0.2, 0.25) is 0 Å². The number of aromatic nitrogens is 1. The Balaban J connectivity index is 1.52. The molecule has 1 saturated heterocycles. The van der Waals surface area contributed by atoms with Crippen molar-refractivity contribution in [1.29, 1.82) is 0 Å². The molecular formula is C25H28ClN5O5S. The van der Waals surface area contributed by atoms with Crippen molar-refractivity contribution in [3.05, 3.63) is 82.2 Å². The van der Waals surface area contributed by atoms with Crippen LogP contribution in [0, 0.1) is 6.92 Å². The van der Waals surface area contributed by atoms with E-state index in [2.05, 4.69) is 15.6 Å². The van der Waals surface area contributed by atoms with E-state index < -0.39 is 24.8 Å². The number of amides is 2. The molecule has 0 unspecified atom stereocenters. The van der Waals surface area contributed by atoms with Gasteiger partial charge in [-0.3, -0.25) is 5.32 Å². The number of carbonyl (C=O) groups excluding carboxylic acids is 1. The van der Waals surface area contributed by atoms with Gasteiger partial charge in [0.1, 0.15) is 17.2 Å². The fourth-order valence-electron chi connectivity index (χ4n) is 3.67. The molecule has 0 saturated carbocycles. The second-order valence-corrected chi connectivity index (χ2v) is 9.98. The number of aryl methyl sites for hydroxylation is 1. The molecule has 12 heteroatoms. The van der Waals surface area contributed by atoms with Gasteiger partial charge in [0.15, 0.2) is 0 Å².